The van der Waals surface area contributed by atoms with Gasteiger partial charge in [-0.1, -0.05) is 22.0 Å². The Bertz CT molecular complexity index is 385. The standard InChI is InChI=1S/C13H18BrNO2/c1-13(2,3)17-12(16)7-8-15-11-6-4-5-10(14)9-11/h4-6,9,15H,7-8H2,1-3H3. The van der Waals surface area contributed by atoms with Gasteiger partial charge in [0.05, 0.1) is 6.42 Å². The summed E-state index contributed by atoms with van der Waals surface area (Å²) in [5.74, 6) is -0.181. The summed E-state index contributed by atoms with van der Waals surface area (Å²) < 4.78 is 6.22. The summed E-state index contributed by atoms with van der Waals surface area (Å²) in [6.45, 7) is 6.18. The fraction of sp³-hybridized carbons (Fsp3) is 0.462. The third kappa shape index (κ3) is 6.31. The monoisotopic (exact) mass is 299 g/mol. The van der Waals surface area contributed by atoms with E-state index >= 15 is 0 Å². The van der Waals surface area contributed by atoms with Gasteiger partial charge >= 0.3 is 5.97 Å². The van der Waals surface area contributed by atoms with E-state index in [-0.39, 0.29) is 5.97 Å². The zero-order chi connectivity index (χ0) is 12.9. The molecular formula is C13H18BrNO2. The van der Waals surface area contributed by atoms with E-state index in [0.29, 0.717) is 13.0 Å². The topological polar surface area (TPSA) is 38.3 Å². The van der Waals surface area contributed by atoms with E-state index in [4.69, 9.17) is 4.74 Å². The molecule has 0 amide bonds. The van der Waals surface area contributed by atoms with Gasteiger partial charge in [0.1, 0.15) is 5.60 Å². The third-order valence-electron chi connectivity index (χ3n) is 1.90. The van der Waals surface area contributed by atoms with Gasteiger partial charge in [0, 0.05) is 16.7 Å². The van der Waals surface area contributed by atoms with Crippen molar-refractivity contribution in [3.8, 4) is 0 Å². The molecule has 0 aliphatic carbocycles. The molecule has 1 aromatic carbocycles. The first-order valence-corrected chi connectivity index (χ1v) is 6.37. The van der Waals surface area contributed by atoms with E-state index in [2.05, 4.69) is 21.2 Å². The van der Waals surface area contributed by atoms with Gasteiger partial charge in [-0.05, 0) is 39.0 Å². The fourth-order valence-corrected chi connectivity index (χ4v) is 1.70. The quantitative estimate of drug-likeness (QED) is 0.864. The predicted octanol–water partition coefficient (Wildman–Crippen LogP) is 3.59. The van der Waals surface area contributed by atoms with Crippen LogP contribution >= 0.6 is 15.9 Å². The average molecular weight is 300 g/mol. The Labute approximate surface area is 111 Å². The van der Waals surface area contributed by atoms with E-state index in [1.54, 1.807) is 0 Å². The van der Waals surface area contributed by atoms with Crippen molar-refractivity contribution in [1.29, 1.82) is 0 Å². The molecule has 0 saturated carbocycles. The van der Waals surface area contributed by atoms with Crippen LogP contribution < -0.4 is 5.32 Å². The second-order valence-electron chi connectivity index (χ2n) is 4.77. The number of anilines is 1. The van der Waals surface area contributed by atoms with Gasteiger partial charge in [-0.25, -0.2) is 0 Å². The second kappa shape index (κ2) is 6.05. The molecule has 1 rings (SSSR count). The van der Waals surface area contributed by atoms with Gasteiger partial charge < -0.3 is 10.1 Å². The fourth-order valence-electron chi connectivity index (χ4n) is 1.30. The number of halogens is 1. The lowest BCUT2D eigenvalue weighted by molar-refractivity contribution is -0.154. The average Bonchev–Trinajstić information content (AvgIpc) is 2.14. The molecule has 0 fully saturated rings. The van der Waals surface area contributed by atoms with Gasteiger partial charge in [-0.2, -0.15) is 0 Å². The Hall–Kier alpha value is -1.03. The van der Waals surface area contributed by atoms with Crippen molar-refractivity contribution in [2.45, 2.75) is 32.8 Å². The van der Waals surface area contributed by atoms with Crippen LogP contribution in [0.4, 0.5) is 5.69 Å². The number of benzene rings is 1. The minimum absolute atomic E-state index is 0.181. The molecule has 0 spiro atoms. The van der Waals surface area contributed by atoms with Gasteiger partial charge in [0.2, 0.25) is 0 Å². The maximum absolute atomic E-state index is 11.4. The molecule has 0 bridgehead atoms. The zero-order valence-corrected chi connectivity index (χ0v) is 12.0. The molecule has 0 aliphatic heterocycles. The summed E-state index contributed by atoms with van der Waals surface area (Å²) in [6.07, 6.45) is 0.365. The lowest BCUT2D eigenvalue weighted by Gasteiger charge is -2.19. The molecule has 0 radical (unpaired) electrons. The smallest absolute Gasteiger partial charge is 0.308 e. The van der Waals surface area contributed by atoms with E-state index in [0.717, 1.165) is 10.2 Å². The lowest BCUT2D eigenvalue weighted by atomic mass is 10.2. The first-order valence-electron chi connectivity index (χ1n) is 5.58. The number of ether oxygens (including phenoxy) is 1. The normalized spacial score (nSPS) is 11.1. The van der Waals surface area contributed by atoms with E-state index in [9.17, 15) is 4.79 Å². The Kier molecular flexibility index (Phi) is 5.00. The van der Waals surface area contributed by atoms with Crippen molar-refractivity contribution in [2.24, 2.45) is 0 Å². The molecule has 0 atom stereocenters. The molecule has 1 aromatic rings. The van der Waals surface area contributed by atoms with Gasteiger partial charge in [0.15, 0.2) is 0 Å². The number of nitrogens with one attached hydrogen (secondary N) is 1. The highest BCUT2D eigenvalue weighted by Crippen LogP contribution is 2.15. The number of carbonyl (C=O) groups is 1. The van der Waals surface area contributed by atoms with Crippen LogP contribution in [0.3, 0.4) is 0 Å². The van der Waals surface area contributed by atoms with Crippen LogP contribution in [0.25, 0.3) is 0 Å². The maximum Gasteiger partial charge on any atom is 0.308 e. The van der Waals surface area contributed by atoms with Crippen molar-refractivity contribution in [3.05, 3.63) is 28.7 Å². The number of hydrogen-bond acceptors (Lipinski definition) is 3. The number of carbonyl (C=O) groups excluding carboxylic acids is 1. The highest BCUT2D eigenvalue weighted by atomic mass is 79.9. The molecule has 94 valence electrons. The molecule has 0 aliphatic rings. The molecule has 3 nitrogen and oxygen atoms in total. The van der Waals surface area contributed by atoms with Crippen molar-refractivity contribution in [3.63, 3.8) is 0 Å². The summed E-state index contributed by atoms with van der Waals surface area (Å²) in [7, 11) is 0. The van der Waals surface area contributed by atoms with Crippen LogP contribution in [0.15, 0.2) is 28.7 Å². The molecule has 0 unspecified atom stereocenters. The van der Waals surface area contributed by atoms with Crippen LogP contribution in [-0.4, -0.2) is 18.1 Å². The van der Waals surface area contributed by atoms with Gasteiger partial charge in [-0.3, -0.25) is 4.79 Å². The van der Waals surface area contributed by atoms with Crippen molar-refractivity contribution in [1.82, 2.24) is 0 Å². The highest BCUT2D eigenvalue weighted by molar-refractivity contribution is 9.10. The SMILES string of the molecule is CC(C)(C)OC(=O)CCNc1cccc(Br)c1. The predicted molar refractivity (Wildman–Crippen MR) is 73.1 cm³/mol. The minimum atomic E-state index is -0.410. The summed E-state index contributed by atoms with van der Waals surface area (Å²) in [4.78, 5) is 11.4. The maximum atomic E-state index is 11.4. The Balaban J connectivity index is 2.31. The van der Waals surface area contributed by atoms with E-state index < -0.39 is 5.60 Å². The summed E-state index contributed by atoms with van der Waals surface area (Å²) >= 11 is 3.39. The number of esters is 1. The van der Waals surface area contributed by atoms with Crippen LogP contribution in [0.5, 0.6) is 0 Å². The van der Waals surface area contributed by atoms with Crippen molar-refractivity contribution in [2.75, 3.05) is 11.9 Å². The molecular weight excluding hydrogens is 282 g/mol. The summed E-state index contributed by atoms with van der Waals surface area (Å²) in [5, 5.41) is 3.17. The minimum Gasteiger partial charge on any atom is -0.460 e. The molecule has 4 heteroatoms. The van der Waals surface area contributed by atoms with Crippen molar-refractivity contribution >= 4 is 27.6 Å². The van der Waals surface area contributed by atoms with Crippen LogP contribution in [0.1, 0.15) is 27.2 Å². The van der Waals surface area contributed by atoms with Gasteiger partial charge in [0.25, 0.3) is 0 Å². The number of rotatable bonds is 4. The van der Waals surface area contributed by atoms with Crippen LogP contribution in [0.2, 0.25) is 0 Å². The third-order valence-corrected chi connectivity index (χ3v) is 2.40. The Morgan fingerprint density at radius 2 is 2.12 bits per heavy atom. The second-order valence-corrected chi connectivity index (χ2v) is 5.69. The van der Waals surface area contributed by atoms with E-state index in [1.807, 2.05) is 45.0 Å². The highest BCUT2D eigenvalue weighted by Gasteiger charge is 2.15. The molecule has 0 heterocycles. The first-order chi connectivity index (χ1) is 7.87. The zero-order valence-electron chi connectivity index (χ0n) is 10.4. The summed E-state index contributed by atoms with van der Waals surface area (Å²) in [6, 6.07) is 7.83. The van der Waals surface area contributed by atoms with Crippen LogP contribution in [-0.2, 0) is 9.53 Å². The molecule has 17 heavy (non-hydrogen) atoms. The molecule has 0 saturated heterocycles. The first kappa shape index (κ1) is 14.0. The van der Waals surface area contributed by atoms with E-state index in [1.165, 1.54) is 0 Å². The molecule has 0 aromatic heterocycles. The lowest BCUT2D eigenvalue weighted by Crippen LogP contribution is -2.25. The summed E-state index contributed by atoms with van der Waals surface area (Å²) in [5.41, 5.74) is 0.579. The van der Waals surface area contributed by atoms with Crippen molar-refractivity contribution < 1.29 is 9.53 Å². The largest absolute Gasteiger partial charge is 0.460 e. The van der Waals surface area contributed by atoms with Gasteiger partial charge in [-0.15, -0.1) is 0 Å². The molecule has 1 N–H and O–H groups in total. The number of hydrogen-bond donors (Lipinski definition) is 1. The Morgan fingerprint density at radius 1 is 1.41 bits per heavy atom. The van der Waals surface area contributed by atoms with Crippen LogP contribution in [0, 0.1) is 0 Å². The Morgan fingerprint density at radius 3 is 2.71 bits per heavy atom.